The molecule has 1 unspecified atom stereocenters. The van der Waals surface area contributed by atoms with Crippen LogP contribution in [0.1, 0.15) is 30.7 Å². The average Bonchev–Trinajstić information content (AvgIpc) is 3.23. The highest BCUT2D eigenvalue weighted by molar-refractivity contribution is 5.37. The first-order valence-corrected chi connectivity index (χ1v) is 7.09. The van der Waals surface area contributed by atoms with Gasteiger partial charge in [0, 0.05) is 31.6 Å². The van der Waals surface area contributed by atoms with Gasteiger partial charge in [0.15, 0.2) is 0 Å². The Hall–Kier alpha value is -1.06. The summed E-state index contributed by atoms with van der Waals surface area (Å²) in [5.74, 6) is 1.68. The molecule has 1 atom stereocenters. The zero-order chi connectivity index (χ0) is 12.2. The smallest absolute Gasteiger partial charge is 0.122 e. The first kappa shape index (κ1) is 12.0. The zero-order valence-electron chi connectivity index (χ0n) is 10.8. The molecule has 0 amide bonds. The fourth-order valence-corrected chi connectivity index (χ4v) is 2.56. The van der Waals surface area contributed by atoms with E-state index in [1.54, 1.807) is 0 Å². The third-order valence-electron chi connectivity index (χ3n) is 3.79. The van der Waals surface area contributed by atoms with E-state index in [-0.39, 0.29) is 0 Å². The van der Waals surface area contributed by atoms with Gasteiger partial charge in [-0.2, -0.15) is 0 Å². The zero-order valence-corrected chi connectivity index (χ0v) is 10.8. The Bertz CT molecular complexity index is 390. The number of para-hydroxylation sites is 1. The van der Waals surface area contributed by atoms with Crippen molar-refractivity contribution in [3.8, 4) is 5.75 Å². The summed E-state index contributed by atoms with van der Waals surface area (Å²) in [7, 11) is 0. The molecule has 0 radical (unpaired) electrons. The standard InChI is InChI=1S/C15H22N2O/c1-2-4-15-14(3-1)12(7-10-18-15)11-16-8-9-17-13-5-6-13/h1-4,12-13,16-17H,5-11H2. The fraction of sp³-hybridized carbons (Fsp3) is 0.600. The molecule has 1 heterocycles. The van der Waals surface area contributed by atoms with Crippen LogP contribution in [-0.4, -0.2) is 32.3 Å². The van der Waals surface area contributed by atoms with Crippen molar-refractivity contribution in [3.63, 3.8) is 0 Å². The van der Waals surface area contributed by atoms with Gasteiger partial charge in [0.2, 0.25) is 0 Å². The van der Waals surface area contributed by atoms with Gasteiger partial charge >= 0.3 is 0 Å². The minimum Gasteiger partial charge on any atom is -0.493 e. The fourth-order valence-electron chi connectivity index (χ4n) is 2.56. The molecule has 3 rings (SSSR count). The van der Waals surface area contributed by atoms with E-state index in [1.807, 2.05) is 6.07 Å². The van der Waals surface area contributed by atoms with Crippen LogP contribution in [0.25, 0.3) is 0 Å². The SMILES string of the molecule is c1ccc2c(c1)OCCC2CNCCNC1CC1. The molecule has 0 saturated heterocycles. The van der Waals surface area contributed by atoms with Crippen molar-refractivity contribution in [1.82, 2.24) is 10.6 Å². The summed E-state index contributed by atoms with van der Waals surface area (Å²) in [6.45, 7) is 4.07. The molecule has 0 aromatic heterocycles. The summed E-state index contributed by atoms with van der Waals surface area (Å²) in [6.07, 6.45) is 3.86. The summed E-state index contributed by atoms with van der Waals surface area (Å²) >= 11 is 0. The van der Waals surface area contributed by atoms with Crippen molar-refractivity contribution in [1.29, 1.82) is 0 Å². The summed E-state index contributed by atoms with van der Waals surface area (Å²) < 4.78 is 5.68. The molecule has 0 spiro atoms. The Morgan fingerprint density at radius 3 is 2.89 bits per heavy atom. The highest BCUT2D eigenvalue weighted by Crippen LogP contribution is 2.32. The summed E-state index contributed by atoms with van der Waals surface area (Å²) in [5.41, 5.74) is 1.37. The first-order valence-electron chi connectivity index (χ1n) is 7.09. The molecule has 0 bridgehead atoms. The predicted molar refractivity (Wildman–Crippen MR) is 73.2 cm³/mol. The van der Waals surface area contributed by atoms with Crippen LogP contribution in [0, 0.1) is 0 Å². The van der Waals surface area contributed by atoms with E-state index in [0.717, 1.165) is 44.5 Å². The van der Waals surface area contributed by atoms with Crippen LogP contribution in [0.15, 0.2) is 24.3 Å². The van der Waals surface area contributed by atoms with Crippen molar-refractivity contribution in [2.45, 2.75) is 31.2 Å². The Labute approximate surface area is 109 Å². The molecule has 1 saturated carbocycles. The third kappa shape index (κ3) is 3.03. The van der Waals surface area contributed by atoms with Gasteiger partial charge in [-0.1, -0.05) is 18.2 Å². The van der Waals surface area contributed by atoms with E-state index < -0.39 is 0 Å². The Kier molecular flexibility index (Phi) is 3.81. The van der Waals surface area contributed by atoms with E-state index in [9.17, 15) is 0 Å². The second kappa shape index (κ2) is 5.72. The molecular weight excluding hydrogens is 224 g/mol. The Balaban J connectivity index is 1.44. The van der Waals surface area contributed by atoms with Crippen LogP contribution >= 0.6 is 0 Å². The topological polar surface area (TPSA) is 33.3 Å². The van der Waals surface area contributed by atoms with Crippen molar-refractivity contribution in [2.24, 2.45) is 0 Å². The van der Waals surface area contributed by atoms with Crippen LogP contribution in [0.3, 0.4) is 0 Å². The summed E-state index contributed by atoms with van der Waals surface area (Å²) in [6, 6.07) is 9.25. The number of nitrogens with one attached hydrogen (secondary N) is 2. The lowest BCUT2D eigenvalue weighted by Crippen LogP contribution is -2.32. The second-order valence-electron chi connectivity index (χ2n) is 5.30. The lowest BCUT2D eigenvalue weighted by atomic mass is 9.93. The minimum atomic E-state index is 0.607. The molecule has 2 aliphatic rings. The van der Waals surface area contributed by atoms with Crippen LogP contribution in [0.5, 0.6) is 5.75 Å². The largest absolute Gasteiger partial charge is 0.493 e. The average molecular weight is 246 g/mol. The number of benzene rings is 1. The Morgan fingerprint density at radius 1 is 1.11 bits per heavy atom. The van der Waals surface area contributed by atoms with Crippen molar-refractivity contribution in [2.75, 3.05) is 26.2 Å². The van der Waals surface area contributed by atoms with Crippen LogP contribution in [0.2, 0.25) is 0 Å². The lowest BCUT2D eigenvalue weighted by molar-refractivity contribution is 0.264. The predicted octanol–water partition coefficient (Wildman–Crippen LogP) is 1.89. The van der Waals surface area contributed by atoms with E-state index in [2.05, 4.69) is 28.8 Å². The molecule has 1 aromatic carbocycles. The Morgan fingerprint density at radius 2 is 2.00 bits per heavy atom. The quantitative estimate of drug-likeness (QED) is 0.752. The van der Waals surface area contributed by atoms with Crippen LogP contribution < -0.4 is 15.4 Å². The van der Waals surface area contributed by atoms with Gasteiger partial charge < -0.3 is 15.4 Å². The van der Waals surface area contributed by atoms with Gasteiger partial charge in [-0.3, -0.25) is 0 Å². The molecule has 1 aromatic rings. The maximum atomic E-state index is 5.68. The molecule has 2 N–H and O–H groups in total. The number of hydrogen-bond donors (Lipinski definition) is 2. The van der Waals surface area contributed by atoms with Crippen LogP contribution in [-0.2, 0) is 0 Å². The van der Waals surface area contributed by atoms with Crippen molar-refractivity contribution in [3.05, 3.63) is 29.8 Å². The van der Waals surface area contributed by atoms with Gasteiger partial charge in [0.05, 0.1) is 6.61 Å². The van der Waals surface area contributed by atoms with Crippen molar-refractivity contribution < 1.29 is 4.74 Å². The van der Waals surface area contributed by atoms with Gasteiger partial charge in [-0.25, -0.2) is 0 Å². The van der Waals surface area contributed by atoms with Crippen LogP contribution in [0.4, 0.5) is 0 Å². The lowest BCUT2D eigenvalue weighted by Gasteiger charge is -2.26. The molecule has 1 fully saturated rings. The molecule has 1 aliphatic carbocycles. The number of rotatable bonds is 6. The molecular formula is C15H22N2O. The van der Waals surface area contributed by atoms with E-state index >= 15 is 0 Å². The molecule has 18 heavy (non-hydrogen) atoms. The maximum absolute atomic E-state index is 5.68. The molecule has 3 nitrogen and oxygen atoms in total. The van der Waals surface area contributed by atoms with Gasteiger partial charge in [-0.05, 0) is 30.9 Å². The van der Waals surface area contributed by atoms with Gasteiger partial charge in [0.25, 0.3) is 0 Å². The van der Waals surface area contributed by atoms with E-state index in [0.29, 0.717) is 5.92 Å². The highest BCUT2D eigenvalue weighted by Gasteiger charge is 2.21. The van der Waals surface area contributed by atoms with Crippen molar-refractivity contribution >= 4 is 0 Å². The minimum absolute atomic E-state index is 0.607. The van der Waals surface area contributed by atoms with E-state index in [4.69, 9.17) is 4.74 Å². The van der Waals surface area contributed by atoms with Gasteiger partial charge in [-0.15, -0.1) is 0 Å². The molecule has 3 heteroatoms. The number of ether oxygens (including phenoxy) is 1. The monoisotopic (exact) mass is 246 g/mol. The normalized spacial score (nSPS) is 22.3. The maximum Gasteiger partial charge on any atom is 0.122 e. The summed E-state index contributed by atoms with van der Waals surface area (Å²) in [5, 5.41) is 7.09. The number of fused-ring (bicyclic) bond motifs is 1. The number of hydrogen-bond acceptors (Lipinski definition) is 3. The van der Waals surface area contributed by atoms with Gasteiger partial charge in [0.1, 0.15) is 5.75 Å². The third-order valence-corrected chi connectivity index (χ3v) is 3.79. The molecule has 98 valence electrons. The first-order chi connectivity index (χ1) is 8.93. The summed E-state index contributed by atoms with van der Waals surface area (Å²) in [4.78, 5) is 0. The van der Waals surface area contributed by atoms with E-state index in [1.165, 1.54) is 18.4 Å². The second-order valence-corrected chi connectivity index (χ2v) is 5.30. The molecule has 1 aliphatic heterocycles. The highest BCUT2D eigenvalue weighted by atomic mass is 16.5.